The lowest BCUT2D eigenvalue weighted by molar-refractivity contribution is 0.627. The van der Waals surface area contributed by atoms with E-state index in [0.717, 1.165) is 5.56 Å². The van der Waals surface area contributed by atoms with Crippen LogP contribution in [0.15, 0.2) is 30.1 Å². The first-order chi connectivity index (χ1) is 6.13. The molecule has 0 aliphatic rings. The largest absolute Gasteiger partial charge is 0.216 e. The maximum atomic E-state index is 12.7. The Labute approximate surface area is 80.8 Å². The molecule has 0 nitrogen and oxygen atoms in total. The molecule has 0 unspecified atom stereocenters. The van der Waals surface area contributed by atoms with Crippen molar-refractivity contribution in [1.82, 2.24) is 0 Å². The second-order valence-corrected chi connectivity index (χ2v) is 3.29. The van der Waals surface area contributed by atoms with Crippen LogP contribution in [0.1, 0.15) is 12.5 Å². The van der Waals surface area contributed by atoms with Gasteiger partial charge in [-0.05, 0) is 36.6 Å². The minimum Gasteiger partial charge on any atom is -0.216 e. The van der Waals surface area contributed by atoms with E-state index in [2.05, 4.69) is 0 Å². The molecule has 0 radical (unpaired) electrons. The number of halogens is 3. The summed E-state index contributed by atoms with van der Waals surface area (Å²) in [6.07, 6.45) is 0.994. The zero-order chi connectivity index (χ0) is 9.84. The van der Waals surface area contributed by atoms with E-state index >= 15 is 0 Å². The van der Waals surface area contributed by atoms with Crippen LogP contribution in [0.25, 0.3) is 0 Å². The van der Waals surface area contributed by atoms with Crippen LogP contribution in [-0.2, 0) is 6.42 Å². The van der Waals surface area contributed by atoms with Crippen LogP contribution < -0.4 is 0 Å². The van der Waals surface area contributed by atoms with E-state index in [-0.39, 0.29) is 5.02 Å². The molecule has 1 rings (SSSR count). The van der Waals surface area contributed by atoms with Gasteiger partial charge in [-0.15, -0.1) is 0 Å². The first-order valence-corrected chi connectivity index (χ1v) is 4.21. The van der Waals surface area contributed by atoms with E-state index in [4.69, 9.17) is 11.6 Å². The molecule has 0 heterocycles. The predicted octanol–water partition coefficient (Wildman–Crippen LogP) is 3.89. The normalized spacial score (nSPS) is 11.8. The standard InChI is InChI=1S/C10H9ClF2/c1-7(6-12)4-8-2-3-10(13)9(11)5-8/h2-3,5-6H,4H2,1H3/b7-6-. The highest BCUT2D eigenvalue weighted by Crippen LogP contribution is 2.18. The number of rotatable bonds is 2. The Hall–Kier alpha value is -0.890. The summed E-state index contributed by atoms with van der Waals surface area (Å²) in [4.78, 5) is 0. The molecule has 13 heavy (non-hydrogen) atoms. The molecule has 3 heteroatoms. The molecule has 1 aromatic carbocycles. The first-order valence-electron chi connectivity index (χ1n) is 3.83. The molecule has 0 N–H and O–H groups in total. The molecular weight excluding hydrogens is 194 g/mol. The number of hydrogen-bond donors (Lipinski definition) is 0. The molecule has 0 saturated carbocycles. The zero-order valence-corrected chi connectivity index (χ0v) is 7.91. The summed E-state index contributed by atoms with van der Waals surface area (Å²) >= 11 is 5.55. The van der Waals surface area contributed by atoms with Crippen LogP contribution >= 0.6 is 11.6 Å². The van der Waals surface area contributed by atoms with Gasteiger partial charge in [-0.2, -0.15) is 0 Å². The van der Waals surface area contributed by atoms with Crippen molar-refractivity contribution in [2.75, 3.05) is 0 Å². The summed E-state index contributed by atoms with van der Waals surface area (Å²) in [6, 6.07) is 4.38. The smallest absolute Gasteiger partial charge is 0.141 e. The minimum atomic E-state index is -0.452. The summed E-state index contributed by atoms with van der Waals surface area (Å²) in [5.41, 5.74) is 1.39. The Balaban J connectivity index is 2.86. The van der Waals surface area contributed by atoms with Gasteiger partial charge < -0.3 is 0 Å². The second-order valence-electron chi connectivity index (χ2n) is 2.88. The summed E-state index contributed by atoms with van der Waals surface area (Å²) in [5, 5.41) is 0.0733. The van der Waals surface area contributed by atoms with Gasteiger partial charge in [0.2, 0.25) is 0 Å². The lowest BCUT2D eigenvalue weighted by Gasteiger charge is -2.01. The molecule has 0 atom stereocenters. The molecule has 0 saturated heterocycles. The predicted molar refractivity (Wildman–Crippen MR) is 50.0 cm³/mol. The molecule has 0 amide bonds. The van der Waals surface area contributed by atoms with E-state index in [9.17, 15) is 8.78 Å². The van der Waals surface area contributed by atoms with Gasteiger partial charge in [0.05, 0.1) is 11.4 Å². The van der Waals surface area contributed by atoms with Gasteiger partial charge in [-0.1, -0.05) is 17.7 Å². The highest BCUT2D eigenvalue weighted by atomic mass is 35.5. The van der Waals surface area contributed by atoms with Gasteiger partial charge in [-0.3, -0.25) is 0 Å². The van der Waals surface area contributed by atoms with Crippen LogP contribution in [0.4, 0.5) is 8.78 Å². The lowest BCUT2D eigenvalue weighted by atomic mass is 10.1. The highest BCUT2D eigenvalue weighted by Gasteiger charge is 2.01. The molecule has 70 valence electrons. The van der Waals surface area contributed by atoms with E-state index in [1.807, 2.05) is 0 Å². The van der Waals surface area contributed by atoms with Gasteiger partial charge in [0, 0.05) is 0 Å². The molecule has 0 aliphatic heterocycles. The Morgan fingerprint density at radius 3 is 2.77 bits per heavy atom. The Bertz CT molecular complexity index is 332. The van der Waals surface area contributed by atoms with Crippen LogP contribution in [0.3, 0.4) is 0 Å². The Morgan fingerprint density at radius 1 is 1.54 bits per heavy atom. The molecule has 0 bridgehead atoms. The third-order valence-corrected chi connectivity index (χ3v) is 1.94. The van der Waals surface area contributed by atoms with Crippen LogP contribution in [0, 0.1) is 5.82 Å². The SMILES string of the molecule is C/C(=C/F)Cc1ccc(F)c(Cl)c1. The zero-order valence-electron chi connectivity index (χ0n) is 7.15. The molecule has 0 fully saturated rings. The van der Waals surface area contributed by atoms with E-state index in [0.29, 0.717) is 18.3 Å². The molecular formula is C10H9ClF2. The minimum absolute atomic E-state index is 0.0733. The van der Waals surface area contributed by atoms with Gasteiger partial charge in [0.15, 0.2) is 0 Å². The van der Waals surface area contributed by atoms with E-state index in [1.54, 1.807) is 13.0 Å². The van der Waals surface area contributed by atoms with Crippen LogP contribution in [-0.4, -0.2) is 0 Å². The Morgan fingerprint density at radius 2 is 2.23 bits per heavy atom. The average molecular weight is 203 g/mol. The van der Waals surface area contributed by atoms with Crippen molar-refractivity contribution in [3.8, 4) is 0 Å². The molecule has 0 spiro atoms. The second kappa shape index (κ2) is 4.38. The van der Waals surface area contributed by atoms with Crippen LogP contribution in [0.2, 0.25) is 5.02 Å². The molecule has 0 aromatic heterocycles. The van der Waals surface area contributed by atoms with Crippen molar-refractivity contribution < 1.29 is 8.78 Å². The fourth-order valence-corrected chi connectivity index (χ4v) is 1.21. The molecule has 0 aliphatic carbocycles. The van der Waals surface area contributed by atoms with E-state index < -0.39 is 5.82 Å². The van der Waals surface area contributed by atoms with Gasteiger partial charge in [0.1, 0.15) is 5.82 Å². The van der Waals surface area contributed by atoms with Gasteiger partial charge in [0.25, 0.3) is 0 Å². The van der Waals surface area contributed by atoms with Crippen molar-refractivity contribution in [2.24, 2.45) is 0 Å². The quantitative estimate of drug-likeness (QED) is 0.683. The number of hydrogen-bond acceptors (Lipinski definition) is 0. The first kappa shape index (κ1) is 10.2. The van der Waals surface area contributed by atoms with Crippen molar-refractivity contribution in [3.63, 3.8) is 0 Å². The average Bonchev–Trinajstić information content (AvgIpc) is 2.11. The third kappa shape index (κ3) is 2.81. The number of benzene rings is 1. The van der Waals surface area contributed by atoms with Crippen molar-refractivity contribution in [1.29, 1.82) is 0 Å². The maximum Gasteiger partial charge on any atom is 0.141 e. The van der Waals surface area contributed by atoms with Gasteiger partial charge >= 0.3 is 0 Å². The summed E-state index contributed by atoms with van der Waals surface area (Å²) < 4.78 is 24.7. The number of allylic oxidation sites excluding steroid dienone is 1. The lowest BCUT2D eigenvalue weighted by Crippen LogP contribution is -1.87. The maximum absolute atomic E-state index is 12.7. The van der Waals surface area contributed by atoms with Crippen molar-refractivity contribution >= 4 is 11.6 Å². The third-order valence-electron chi connectivity index (χ3n) is 1.65. The van der Waals surface area contributed by atoms with Gasteiger partial charge in [-0.25, -0.2) is 8.78 Å². The summed E-state index contributed by atoms with van der Waals surface area (Å²) in [7, 11) is 0. The fraction of sp³-hybridized carbons (Fsp3) is 0.200. The summed E-state index contributed by atoms with van der Waals surface area (Å²) in [5.74, 6) is -0.452. The van der Waals surface area contributed by atoms with Crippen LogP contribution in [0.5, 0.6) is 0 Å². The van der Waals surface area contributed by atoms with Crippen molar-refractivity contribution in [3.05, 3.63) is 46.5 Å². The van der Waals surface area contributed by atoms with Crippen molar-refractivity contribution in [2.45, 2.75) is 13.3 Å². The monoisotopic (exact) mass is 202 g/mol. The molecule has 1 aromatic rings. The highest BCUT2D eigenvalue weighted by molar-refractivity contribution is 6.30. The Kier molecular flexibility index (Phi) is 3.43. The topological polar surface area (TPSA) is 0 Å². The summed E-state index contributed by atoms with van der Waals surface area (Å²) in [6.45, 7) is 1.66. The van der Waals surface area contributed by atoms with E-state index in [1.165, 1.54) is 12.1 Å². The fourth-order valence-electron chi connectivity index (χ4n) is 1.01.